The van der Waals surface area contributed by atoms with Crippen molar-refractivity contribution < 1.29 is 4.42 Å². The van der Waals surface area contributed by atoms with Crippen molar-refractivity contribution in [1.82, 2.24) is 10.2 Å². The minimum Gasteiger partial charge on any atom is -0.392 e. The number of hydrogen-bond donors (Lipinski definition) is 1. The number of thioether (sulfide) groups is 1. The Morgan fingerprint density at radius 3 is 3.10 bits per heavy atom. The lowest BCUT2D eigenvalue weighted by atomic mass is 10.8. The molecule has 56 valence electrons. The first-order valence-electron chi connectivity index (χ1n) is 2.95. The third kappa shape index (κ3) is 1.91. The van der Waals surface area contributed by atoms with Crippen LogP contribution in [0.3, 0.4) is 0 Å². The Hall–Kier alpha value is -0.710. The number of nitrogens with zero attached hydrogens (tertiary/aromatic N) is 1. The first kappa shape index (κ1) is 7.40. The van der Waals surface area contributed by atoms with Crippen LogP contribution in [0.5, 0.6) is 0 Å². The van der Waals surface area contributed by atoms with E-state index in [0.29, 0.717) is 11.6 Å². The van der Waals surface area contributed by atoms with Crippen molar-refractivity contribution in [3.05, 3.63) is 16.4 Å². The van der Waals surface area contributed by atoms with Gasteiger partial charge in [0.05, 0.1) is 5.75 Å². The van der Waals surface area contributed by atoms with E-state index in [9.17, 15) is 4.79 Å². The zero-order valence-corrected chi connectivity index (χ0v) is 6.40. The number of aromatic amines is 1. The number of nitrogens with one attached hydrogen (secondary N) is 1. The van der Waals surface area contributed by atoms with Crippen LogP contribution in [0.4, 0.5) is 0 Å². The van der Waals surface area contributed by atoms with Crippen LogP contribution in [0.25, 0.3) is 0 Å². The molecule has 0 spiro atoms. The zero-order chi connectivity index (χ0) is 7.40. The number of aromatic nitrogens is 2. The predicted octanol–water partition coefficient (Wildman–Crippen LogP) is 0.616. The average molecular weight is 160 g/mol. The fourth-order valence-corrected chi connectivity index (χ4v) is 1.01. The van der Waals surface area contributed by atoms with Crippen LogP contribution in [0, 0.1) is 0 Å². The van der Waals surface area contributed by atoms with Crippen molar-refractivity contribution >= 4 is 11.8 Å². The van der Waals surface area contributed by atoms with E-state index in [2.05, 4.69) is 14.6 Å². The molecule has 0 saturated carbocycles. The molecular formula is C5H8N2O2S. The van der Waals surface area contributed by atoms with E-state index in [0.717, 1.165) is 5.75 Å². The van der Waals surface area contributed by atoms with Gasteiger partial charge < -0.3 is 4.42 Å². The van der Waals surface area contributed by atoms with E-state index in [1.165, 1.54) is 0 Å². The number of H-pyrrole nitrogens is 1. The fourth-order valence-electron chi connectivity index (χ4n) is 0.512. The molecular weight excluding hydrogens is 152 g/mol. The summed E-state index contributed by atoms with van der Waals surface area (Å²) in [6.07, 6.45) is 0. The van der Waals surface area contributed by atoms with Crippen molar-refractivity contribution in [2.45, 2.75) is 12.7 Å². The van der Waals surface area contributed by atoms with Crippen molar-refractivity contribution in [3.8, 4) is 0 Å². The molecule has 0 amide bonds. The minimum atomic E-state index is -0.480. The van der Waals surface area contributed by atoms with E-state index < -0.39 is 5.76 Å². The van der Waals surface area contributed by atoms with E-state index in [4.69, 9.17) is 0 Å². The molecule has 0 fully saturated rings. The lowest BCUT2D eigenvalue weighted by Crippen LogP contribution is -1.93. The highest BCUT2D eigenvalue weighted by atomic mass is 32.2. The number of rotatable bonds is 3. The molecule has 1 aromatic rings. The Balaban J connectivity index is 2.50. The van der Waals surface area contributed by atoms with Crippen molar-refractivity contribution in [3.63, 3.8) is 0 Å². The summed E-state index contributed by atoms with van der Waals surface area (Å²) in [5, 5.41) is 5.82. The second-order valence-corrected chi connectivity index (χ2v) is 2.92. The molecule has 4 nitrogen and oxygen atoms in total. The van der Waals surface area contributed by atoms with Crippen LogP contribution in [-0.2, 0) is 5.75 Å². The van der Waals surface area contributed by atoms with E-state index in [-0.39, 0.29) is 0 Å². The Bertz CT molecular complexity index is 242. The van der Waals surface area contributed by atoms with E-state index in [1.54, 1.807) is 11.8 Å². The highest BCUT2D eigenvalue weighted by Gasteiger charge is 1.98. The van der Waals surface area contributed by atoms with E-state index in [1.807, 2.05) is 6.92 Å². The van der Waals surface area contributed by atoms with Crippen LogP contribution in [0.15, 0.2) is 9.21 Å². The Morgan fingerprint density at radius 1 is 1.80 bits per heavy atom. The van der Waals surface area contributed by atoms with Crippen LogP contribution >= 0.6 is 11.8 Å². The van der Waals surface area contributed by atoms with Crippen LogP contribution in [-0.4, -0.2) is 16.0 Å². The van der Waals surface area contributed by atoms with Gasteiger partial charge in [-0.1, -0.05) is 6.92 Å². The number of hydrogen-bond acceptors (Lipinski definition) is 4. The molecule has 1 rings (SSSR count). The van der Waals surface area contributed by atoms with E-state index >= 15 is 0 Å². The summed E-state index contributed by atoms with van der Waals surface area (Å²) < 4.78 is 4.64. The molecule has 1 heterocycles. The van der Waals surface area contributed by atoms with Gasteiger partial charge in [-0.15, -0.1) is 5.10 Å². The molecule has 10 heavy (non-hydrogen) atoms. The normalized spacial score (nSPS) is 10.1. The maximum Gasteiger partial charge on any atom is 0.434 e. The van der Waals surface area contributed by atoms with Crippen molar-refractivity contribution in [1.29, 1.82) is 0 Å². The molecule has 0 aliphatic heterocycles. The third-order valence-corrected chi connectivity index (χ3v) is 1.77. The highest BCUT2D eigenvalue weighted by molar-refractivity contribution is 7.98. The quantitative estimate of drug-likeness (QED) is 0.704. The van der Waals surface area contributed by atoms with Gasteiger partial charge in [-0.25, -0.2) is 9.89 Å². The molecule has 0 saturated heterocycles. The Kier molecular flexibility index (Phi) is 2.56. The molecule has 1 aromatic heterocycles. The summed E-state index contributed by atoms with van der Waals surface area (Å²) in [7, 11) is 0. The SMILES string of the molecule is CCSCc1n[nH]c(=O)o1. The third-order valence-electron chi connectivity index (χ3n) is 0.912. The first-order chi connectivity index (χ1) is 4.83. The summed E-state index contributed by atoms with van der Waals surface area (Å²) in [6.45, 7) is 2.04. The summed E-state index contributed by atoms with van der Waals surface area (Å²) in [6, 6.07) is 0. The second-order valence-electron chi connectivity index (χ2n) is 1.64. The van der Waals surface area contributed by atoms with Gasteiger partial charge in [0.1, 0.15) is 0 Å². The van der Waals surface area contributed by atoms with Gasteiger partial charge in [0.15, 0.2) is 0 Å². The van der Waals surface area contributed by atoms with Gasteiger partial charge >= 0.3 is 5.76 Å². The minimum absolute atomic E-state index is 0.469. The molecule has 0 aromatic carbocycles. The maximum atomic E-state index is 10.4. The van der Waals surface area contributed by atoms with Gasteiger partial charge in [0, 0.05) is 0 Å². The molecule has 0 atom stereocenters. The predicted molar refractivity (Wildman–Crippen MR) is 39.0 cm³/mol. The van der Waals surface area contributed by atoms with Crippen LogP contribution in [0.1, 0.15) is 12.8 Å². The standard InChI is InChI=1S/C5H8N2O2S/c1-2-10-3-4-6-7-5(8)9-4/h2-3H2,1H3,(H,7,8). The second kappa shape index (κ2) is 3.46. The maximum absolute atomic E-state index is 10.4. The average Bonchev–Trinajstić information content (AvgIpc) is 2.31. The Morgan fingerprint density at radius 2 is 2.60 bits per heavy atom. The van der Waals surface area contributed by atoms with Gasteiger partial charge in [-0.2, -0.15) is 11.8 Å². The molecule has 1 N–H and O–H groups in total. The Labute approximate surface area is 62.0 Å². The summed E-state index contributed by atoms with van der Waals surface area (Å²) in [5.41, 5.74) is 0. The zero-order valence-electron chi connectivity index (χ0n) is 5.59. The van der Waals surface area contributed by atoms with Crippen LogP contribution in [0.2, 0.25) is 0 Å². The van der Waals surface area contributed by atoms with Gasteiger partial charge in [0.25, 0.3) is 0 Å². The van der Waals surface area contributed by atoms with Crippen molar-refractivity contribution in [2.24, 2.45) is 0 Å². The molecule has 0 unspecified atom stereocenters. The lowest BCUT2D eigenvalue weighted by Gasteiger charge is -1.87. The molecule has 5 heteroatoms. The fraction of sp³-hybridized carbons (Fsp3) is 0.600. The van der Waals surface area contributed by atoms with Gasteiger partial charge in [0.2, 0.25) is 5.89 Å². The highest BCUT2D eigenvalue weighted by Crippen LogP contribution is 2.05. The first-order valence-corrected chi connectivity index (χ1v) is 4.10. The topological polar surface area (TPSA) is 58.9 Å². The summed E-state index contributed by atoms with van der Waals surface area (Å²) >= 11 is 1.66. The lowest BCUT2D eigenvalue weighted by molar-refractivity contribution is 0.479. The molecule has 0 aliphatic carbocycles. The monoisotopic (exact) mass is 160 g/mol. The summed E-state index contributed by atoms with van der Waals surface area (Å²) in [4.78, 5) is 10.4. The van der Waals surface area contributed by atoms with Gasteiger partial charge in [-0.05, 0) is 5.75 Å². The van der Waals surface area contributed by atoms with Gasteiger partial charge in [-0.3, -0.25) is 0 Å². The smallest absolute Gasteiger partial charge is 0.392 e. The molecule has 0 radical (unpaired) electrons. The molecule has 0 aliphatic rings. The molecule has 0 bridgehead atoms. The largest absolute Gasteiger partial charge is 0.434 e. The van der Waals surface area contributed by atoms with Crippen LogP contribution < -0.4 is 5.76 Å². The van der Waals surface area contributed by atoms with Crippen molar-refractivity contribution in [2.75, 3.05) is 5.75 Å². The summed E-state index contributed by atoms with van der Waals surface area (Å²) in [5.74, 6) is 1.65.